The van der Waals surface area contributed by atoms with Gasteiger partial charge in [0.25, 0.3) is 0 Å². The lowest BCUT2D eigenvalue weighted by atomic mass is 10.0. The number of benzene rings is 1. The fraction of sp³-hybridized carbons (Fsp3) is 0.529. The lowest BCUT2D eigenvalue weighted by Gasteiger charge is -2.21. The fourth-order valence-corrected chi connectivity index (χ4v) is 5.29. The molecule has 0 saturated carbocycles. The molecular weight excluding hydrogens is 344 g/mol. The molecule has 25 heavy (non-hydrogen) atoms. The first-order chi connectivity index (χ1) is 11.8. The number of carbonyl (C=O) groups is 2. The Hall–Kier alpha value is -1.93. The Balaban J connectivity index is 1.90. The van der Waals surface area contributed by atoms with Crippen LogP contribution in [0.1, 0.15) is 30.9 Å². The molecule has 0 radical (unpaired) electrons. The standard InChI is InChI=1S/C17H22N2O5S/c1-12(20)18-9-6-13-4-5-15(11-14(13)7-10-18)25(23,24)19-8-2-3-16(19)17(21)22/h4-5,11,16H,2-3,6-10H2,1H3,(H,21,22)/t16-/m1/s1. The predicted octanol–water partition coefficient (Wildman–Crippen LogP) is 0.871. The lowest BCUT2D eigenvalue weighted by Crippen LogP contribution is -2.40. The second kappa shape index (κ2) is 6.76. The molecule has 1 saturated heterocycles. The summed E-state index contributed by atoms with van der Waals surface area (Å²) in [7, 11) is -3.84. The van der Waals surface area contributed by atoms with E-state index in [1.54, 1.807) is 23.1 Å². The van der Waals surface area contributed by atoms with Crippen LogP contribution in [0.2, 0.25) is 0 Å². The van der Waals surface area contributed by atoms with E-state index >= 15 is 0 Å². The number of sulfonamides is 1. The first kappa shape index (κ1) is 17.9. The van der Waals surface area contributed by atoms with Gasteiger partial charge in [0, 0.05) is 26.6 Å². The Labute approximate surface area is 147 Å². The Morgan fingerprint density at radius 3 is 2.44 bits per heavy atom. The van der Waals surface area contributed by atoms with Gasteiger partial charge in [0.1, 0.15) is 6.04 Å². The van der Waals surface area contributed by atoms with Crippen molar-refractivity contribution in [1.82, 2.24) is 9.21 Å². The van der Waals surface area contributed by atoms with Crippen molar-refractivity contribution in [3.8, 4) is 0 Å². The molecule has 0 spiro atoms. The normalized spacial score (nSPS) is 21.6. The largest absolute Gasteiger partial charge is 0.480 e. The van der Waals surface area contributed by atoms with Crippen molar-refractivity contribution >= 4 is 21.9 Å². The summed E-state index contributed by atoms with van der Waals surface area (Å²) in [6.07, 6.45) is 2.18. The lowest BCUT2D eigenvalue weighted by molar-refractivity contribution is -0.140. The summed E-state index contributed by atoms with van der Waals surface area (Å²) in [4.78, 5) is 24.8. The van der Waals surface area contributed by atoms with Gasteiger partial charge in [-0.15, -0.1) is 0 Å². The molecule has 1 atom stereocenters. The summed E-state index contributed by atoms with van der Waals surface area (Å²) in [5.41, 5.74) is 1.95. The van der Waals surface area contributed by atoms with Gasteiger partial charge >= 0.3 is 5.97 Å². The molecule has 1 amide bonds. The molecule has 2 heterocycles. The van der Waals surface area contributed by atoms with Crippen LogP contribution in [-0.4, -0.2) is 60.3 Å². The van der Waals surface area contributed by atoms with Crippen LogP contribution in [0.25, 0.3) is 0 Å². The number of aliphatic carboxylic acids is 1. The highest BCUT2D eigenvalue weighted by atomic mass is 32.2. The maximum Gasteiger partial charge on any atom is 0.322 e. The molecule has 1 aromatic carbocycles. The molecule has 8 heteroatoms. The summed E-state index contributed by atoms with van der Waals surface area (Å²) < 4.78 is 26.9. The smallest absolute Gasteiger partial charge is 0.322 e. The first-order valence-electron chi connectivity index (χ1n) is 8.42. The number of hydrogen-bond donors (Lipinski definition) is 1. The molecular formula is C17H22N2O5S. The number of carbonyl (C=O) groups excluding carboxylic acids is 1. The van der Waals surface area contributed by atoms with E-state index in [-0.39, 0.29) is 17.3 Å². The summed E-state index contributed by atoms with van der Waals surface area (Å²) in [6.45, 7) is 2.95. The number of nitrogens with zero attached hydrogens (tertiary/aromatic N) is 2. The zero-order valence-electron chi connectivity index (χ0n) is 14.1. The molecule has 0 aliphatic carbocycles. The van der Waals surface area contributed by atoms with Gasteiger partial charge in [0.2, 0.25) is 15.9 Å². The van der Waals surface area contributed by atoms with Crippen LogP contribution in [0.3, 0.4) is 0 Å². The topological polar surface area (TPSA) is 95.0 Å². The van der Waals surface area contributed by atoms with Crippen LogP contribution in [0.5, 0.6) is 0 Å². The molecule has 0 bridgehead atoms. The van der Waals surface area contributed by atoms with E-state index in [0.717, 1.165) is 15.4 Å². The molecule has 2 aliphatic rings. The Morgan fingerprint density at radius 1 is 1.12 bits per heavy atom. The van der Waals surface area contributed by atoms with Gasteiger partial charge in [-0.2, -0.15) is 4.31 Å². The van der Waals surface area contributed by atoms with Crippen LogP contribution in [0.15, 0.2) is 23.1 Å². The van der Waals surface area contributed by atoms with Crippen molar-refractivity contribution in [3.63, 3.8) is 0 Å². The van der Waals surface area contributed by atoms with E-state index in [1.165, 1.54) is 6.92 Å². The molecule has 136 valence electrons. The van der Waals surface area contributed by atoms with Crippen molar-refractivity contribution in [2.75, 3.05) is 19.6 Å². The zero-order valence-corrected chi connectivity index (χ0v) is 15.0. The van der Waals surface area contributed by atoms with Crippen molar-refractivity contribution in [2.45, 2.75) is 43.5 Å². The summed E-state index contributed by atoms with van der Waals surface area (Å²) in [6, 6.07) is 4.00. The van der Waals surface area contributed by atoms with Gasteiger partial charge in [0.05, 0.1) is 4.90 Å². The molecule has 1 aromatic rings. The van der Waals surface area contributed by atoms with Crippen molar-refractivity contribution < 1.29 is 23.1 Å². The molecule has 7 nitrogen and oxygen atoms in total. The van der Waals surface area contributed by atoms with Crippen LogP contribution in [0.4, 0.5) is 0 Å². The monoisotopic (exact) mass is 366 g/mol. The predicted molar refractivity (Wildman–Crippen MR) is 90.7 cm³/mol. The molecule has 3 rings (SSSR count). The molecule has 1 fully saturated rings. The number of rotatable bonds is 3. The SMILES string of the molecule is CC(=O)N1CCc2ccc(S(=O)(=O)N3CCC[C@@H]3C(=O)O)cc2CC1. The number of fused-ring (bicyclic) bond motifs is 1. The average molecular weight is 366 g/mol. The van der Waals surface area contributed by atoms with E-state index in [1.807, 2.05) is 0 Å². The van der Waals surface area contributed by atoms with Crippen molar-refractivity contribution in [1.29, 1.82) is 0 Å². The number of hydrogen-bond acceptors (Lipinski definition) is 4. The van der Waals surface area contributed by atoms with Crippen LogP contribution in [0, 0.1) is 0 Å². The Kier molecular flexibility index (Phi) is 4.83. The first-order valence-corrected chi connectivity index (χ1v) is 9.86. The van der Waals surface area contributed by atoms with Gasteiger partial charge in [-0.3, -0.25) is 9.59 Å². The van der Waals surface area contributed by atoms with E-state index in [2.05, 4.69) is 0 Å². The molecule has 0 unspecified atom stereocenters. The zero-order chi connectivity index (χ0) is 18.2. The Morgan fingerprint density at radius 2 is 1.80 bits per heavy atom. The summed E-state index contributed by atoms with van der Waals surface area (Å²) in [5.74, 6) is -1.09. The maximum atomic E-state index is 12.9. The van der Waals surface area contributed by atoms with Crippen molar-refractivity contribution in [3.05, 3.63) is 29.3 Å². The van der Waals surface area contributed by atoms with Gasteiger partial charge in [-0.05, 0) is 48.9 Å². The number of amides is 1. The maximum absolute atomic E-state index is 12.9. The average Bonchev–Trinajstić information content (AvgIpc) is 2.96. The third kappa shape index (κ3) is 3.41. The minimum absolute atomic E-state index is 0.0158. The van der Waals surface area contributed by atoms with Gasteiger partial charge in [-0.25, -0.2) is 8.42 Å². The number of carboxylic acid groups (broad SMARTS) is 1. The van der Waals surface area contributed by atoms with Crippen molar-refractivity contribution in [2.24, 2.45) is 0 Å². The van der Waals surface area contributed by atoms with Gasteiger partial charge in [-0.1, -0.05) is 6.07 Å². The quantitative estimate of drug-likeness (QED) is 0.857. The molecule has 2 aliphatic heterocycles. The van der Waals surface area contributed by atoms with E-state index in [0.29, 0.717) is 38.8 Å². The minimum atomic E-state index is -3.84. The highest BCUT2D eigenvalue weighted by Gasteiger charge is 2.39. The number of carboxylic acids is 1. The van der Waals surface area contributed by atoms with Gasteiger partial charge in [0.15, 0.2) is 0 Å². The van der Waals surface area contributed by atoms with Crippen LogP contribution >= 0.6 is 0 Å². The van der Waals surface area contributed by atoms with Gasteiger partial charge < -0.3 is 10.0 Å². The second-order valence-electron chi connectivity index (χ2n) is 6.55. The van der Waals surface area contributed by atoms with E-state index in [9.17, 15) is 23.1 Å². The molecule has 0 aromatic heterocycles. The molecule has 1 N–H and O–H groups in total. The third-order valence-electron chi connectivity index (χ3n) is 5.02. The van der Waals surface area contributed by atoms with Crippen LogP contribution < -0.4 is 0 Å². The summed E-state index contributed by atoms with van der Waals surface area (Å²) in [5, 5.41) is 9.26. The third-order valence-corrected chi connectivity index (χ3v) is 6.92. The second-order valence-corrected chi connectivity index (χ2v) is 8.44. The minimum Gasteiger partial charge on any atom is -0.480 e. The Bertz CT molecular complexity index is 805. The van der Waals surface area contributed by atoms with E-state index in [4.69, 9.17) is 0 Å². The van der Waals surface area contributed by atoms with Crippen LogP contribution in [-0.2, 0) is 32.5 Å². The fourth-order valence-electron chi connectivity index (χ4n) is 3.59. The highest BCUT2D eigenvalue weighted by Crippen LogP contribution is 2.28. The highest BCUT2D eigenvalue weighted by molar-refractivity contribution is 7.89. The summed E-state index contributed by atoms with van der Waals surface area (Å²) >= 11 is 0. The van der Waals surface area contributed by atoms with E-state index < -0.39 is 22.0 Å².